The maximum Gasteiger partial charge on any atom is 0.271 e. The number of para-hydroxylation sites is 1. The fourth-order valence-electron chi connectivity index (χ4n) is 4.22. The Morgan fingerprint density at radius 3 is 2.53 bits per heavy atom. The molecule has 166 valence electrons. The summed E-state index contributed by atoms with van der Waals surface area (Å²) in [5.41, 5.74) is 1.05. The highest BCUT2D eigenvalue weighted by Gasteiger charge is 2.46. The number of halogens is 1. The lowest BCUT2D eigenvalue weighted by molar-refractivity contribution is -0.134. The van der Waals surface area contributed by atoms with Gasteiger partial charge >= 0.3 is 0 Å². The summed E-state index contributed by atoms with van der Waals surface area (Å²) in [4.78, 5) is 40.1. The summed E-state index contributed by atoms with van der Waals surface area (Å²) in [5.74, 6) is -1.33. The van der Waals surface area contributed by atoms with Gasteiger partial charge in [-0.3, -0.25) is 14.4 Å². The molecule has 2 aromatic carbocycles. The average Bonchev–Trinajstić information content (AvgIpc) is 3.16. The molecule has 0 spiro atoms. The molecule has 4 rings (SSSR count). The number of rotatable bonds is 6. The molecule has 3 amide bonds. The van der Waals surface area contributed by atoms with Crippen molar-refractivity contribution < 1.29 is 18.8 Å². The van der Waals surface area contributed by atoms with Gasteiger partial charge in [0.15, 0.2) is 0 Å². The first-order valence-corrected chi connectivity index (χ1v) is 10.5. The van der Waals surface area contributed by atoms with Crippen molar-refractivity contribution in [3.8, 4) is 0 Å². The SMILES string of the molecule is CCN1C(=O)c2cc3ccccc3n2C[C@@]1(C)C(=O)NCC(=O)NCc1ccc(F)cc1. The molecule has 0 saturated carbocycles. The van der Waals surface area contributed by atoms with Gasteiger partial charge in [0.05, 0.1) is 13.1 Å². The van der Waals surface area contributed by atoms with E-state index in [9.17, 15) is 18.8 Å². The van der Waals surface area contributed by atoms with E-state index in [1.807, 2.05) is 41.8 Å². The second kappa shape index (κ2) is 8.45. The second-order valence-electron chi connectivity index (χ2n) is 8.08. The fraction of sp³-hybridized carbons (Fsp3) is 0.292. The van der Waals surface area contributed by atoms with Crippen LogP contribution in [0.1, 0.15) is 29.9 Å². The van der Waals surface area contributed by atoms with E-state index in [0.717, 1.165) is 16.5 Å². The lowest BCUT2D eigenvalue weighted by Gasteiger charge is -2.43. The molecule has 0 saturated heterocycles. The smallest absolute Gasteiger partial charge is 0.271 e. The summed E-state index contributed by atoms with van der Waals surface area (Å²) in [6.45, 7) is 4.21. The molecule has 32 heavy (non-hydrogen) atoms. The van der Waals surface area contributed by atoms with Crippen LogP contribution in [0.2, 0.25) is 0 Å². The third kappa shape index (κ3) is 3.84. The Balaban J connectivity index is 1.46. The highest BCUT2D eigenvalue weighted by atomic mass is 19.1. The molecule has 0 fully saturated rings. The molecule has 7 nitrogen and oxygen atoms in total. The van der Waals surface area contributed by atoms with Crippen molar-refractivity contribution in [1.82, 2.24) is 20.1 Å². The van der Waals surface area contributed by atoms with Crippen LogP contribution in [-0.4, -0.2) is 45.8 Å². The Kier molecular flexibility index (Phi) is 5.69. The quantitative estimate of drug-likeness (QED) is 0.623. The summed E-state index contributed by atoms with van der Waals surface area (Å²) in [6, 6.07) is 15.3. The van der Waals surface area contributed by atoms with E-state index in [-0.39, 0.29) is 30.7 Å². The molecule has 1 aliphatic rings. The van der Waals surface area contributed by atoms with Crippen LogP contribution in [0.3, 0.4) is 0 Å². The number of nitrogens with one attached hydrogen (secondary N) is 2. The van der Waals surface area contributed by atoms with Gasteiger partial charge in [-0.1, -0.05) is 30.3 Å². The number of hydrogen-bond donors (Lipinski definition) is 2. The fourth-order valence-corrected chi connectivity index (χ4v) is 4.22. The summed E-state index contributed by atoms with van der Waals surface area (Å²) >= 11 is 0. The van der Waals surface area contributed by atoms with Crippen molar-refractivity contribution in [2.24, 2.45) is 0 Å². The molecule has 2 N–H and O–H groups in total. The van der Waals surface area contributed by atoms with Crippen LogP contribution in [0, 0.1) is 5.82 Å². The number of fused-ring (bicyclic) bond motifs is 3. The lowest BCUT2D eigenvalue weighted by Crippen LogP contribution is -2.64. The van der Waals surface area contributed by atoms with Gasteiger partial charge in [-0.25, -0.2) is 4.39 Å². The summed E-state index contributed by atoms with van der Waals surface area (Å²) < 4.78 is 14.9. The minimum Gasteiger partial charge on any atom is -0.350 e. The Morgan fingerprint density at radius 2 is 1.81 bits per heavy atom. The van der Waals surface area contributed by atoms with E-state index in [0.29, 0.717) is 18.8 Å². The molecular weight excluding hydrogens is 411 g/mol. The van der Waals surface area contributed by atoms with Gasteiger partial charge in [-0.15, -0.1) is 0 Å². The Morgan fingerprint density at radius 1 is 1.09 bits per heavy atom. The van der Waals surface area contributed by atoms with Gasteiger partial charge in [0.1, 0.15) is 17.1 Å². The Labute approximate surface area is 185 Å². The lowest BCUT2D eigenvalue weighted by atomic mass is 9.95. The monoisotopic (exact) mass is 436 g/mol. The van der Waals surface area contributed by atoms with Crippen molar-refractivity contribution in [3.05, 3.63) is 71.7 Å². The van der Waals surface area contributed by atoms with Crippen LogP contribution in [0.4, 0.5) is 4.39 Å². The van der Waals surface area contributed by atoms with Crippen molar-refractivity contribution in [2.45, 2.75) is 32.5 Å². The van der Waals surface area contributed by atoms with Crippen LogP contribution in [0.15, 0.2) is 54.6 Å². The maximum atomic E-state index is 13.2. The molecular formula is C24H25FN4O3. The Hall–Kier alpha value is -3.68. The van der Waals surface area contributed by atoms with Gasteiger partial charge in [-0.2, -0.15) is 0 Å². The predicted octanol–water partition coefficient (Wildman–Crippen LogP) is 2.45. The predicted molar refractivity (Wildman–Crippen MR) is 118 cm³/mol. The first-order valence-electron chi connectivity index (χ1n) is 10.5. The Bertz CT molecular complexity index is 1190. The zero-order chi connectivity index (χ0) is 22.9. The van der Waals surface area contributed by atoms with Crippen LogP contribution in [-0.2, 0) is 22.7 Å². The molecule has 2 heterocycles. The van der Waals surface area contributed by atoms with Crippen molar-refractivity contribution in [2.75, 3.05) is 13.1 Å². The maximum absolute atomic E-state index is 13.2. The number of benzene rings is 2. The normalized spacial score (nSPS) is 17.8. The number of hydrogen-bond acceptors (Lipinski definition) is 3. The van der Waals surface area contributed by atoms with Gasteiger partial charge in [-0.05, 0) is 43.7 Å². The molecule has 0 radical (unpaired) electrons. The van der Waals surface area contributed by atoms with Crippen LogP contribution >= 0.6 is 0 Å². The van der Waals surface area contributed by atoms with E-state index < -0.39 is 11.4 Å². The van der Waals surface area contributed by atoms with E-state index >= 15 is 0 Å². The second-order valence-corrected chi connectivity index (χ2v) is 8.08. The van der Waals surface area contributed by atoms with Gasteiger partial charge < -0.3 is 20.1 Å². The van der Waals surface area contributed by atoms with Crippen molar-refractivity contribution >= 4 is 28.6 Å². The number of carbonyl (C=O) groups is 3. The van der Waals surface area contributed by atoms with Gasteiger partial charge in [0, 0.05) is 24.0 Å². The number of likely N-dealkylation sites (N-methyl/N-ethyl adjacent to an activating group) is 1. The van der Waals surface area contributed by atoms with E-state index in [1.54, 1.807) is 24.0 Å². The highest BCUT2D eigenvalue weighted by molar-refractivity contribution is 6.04. The average molecular weight is 436 g/mol. The summed E-state index contributed by atoms with van der Waals surface area (Å²) in [6.07, 6.45) is 0. The van der Waals surface area contributed by atoms with Gasteiger partial charge in [0.25, 0.3) is 5.91 Å². The molecule has 0 aliphatic carbocycles. The zero-order valence-electron chi connectivity index (χ0n) is 18.0. The number of carbonyl (C=O) groups excluding carboxylic acids is 3. The molecule has 3 aromatic rings. The van der Waals surface area contributed by atoms with Crippen LogP contribution in [0.5, 0.6) is 0 Å². The van der Waals surface area contributed by atoms with Crippen molar-refractivity contribution in [3.63, 3.8) is 0 Å². The van der Waals surface area contributed by atoms with E-state index in [1.165, 1.54) is 12.1 Å². The minimum atomic E-state index is -1.14. The number of nitrogens with zero attached hydrogens (tertiary/aromatic N) is 2. The van der Waals surface area contributed by atoms with Gasteiger partial charge in [0.2, 0.25) is 11.8 Å². The minimum absolute atomic E-state index is 0.214. The molecule has 0 bridgehead atoms. The molecule has 1 atom stereocenters. The standard InChI is InChI=1S/C24H25FN4O3/c1-3-29-22(31)20-12-17-6-4-5-7-19(17)28(20)15-24(29,2)23(32)27-14-21(30)26-13-16-8-10-18(25)11-9-16/h4-12H,3,13-15H2,1-2H3,(H,26,30)(H,27,32)/t24-/m0/s1. The van der Waals surface area contributed by atoms with Crippen molar-refractivity contribution in [1.29, 1.82) is 0 Å². The van der Waals surface area contributed by atoms with E-state index in [2.05, 4.69) is 10.6 Å². The molecule has 1 aromatic heterocycles. The van der Waals surface area contributed by atoms with E-state index in [4.69, 9.17) is 0 Å². The molecule has 0 unspecified atom stereocenters. The third-order valence-electron chi connectivity index (χ3n) is 5.95. The largest absolute Gasteiger partial charge is 0.350 e. The molecule has 1 aliphatic heterocycles. The summed E-state index contributed by atoms with van der Waals surface area (Å²) in [5, 5.41) is 6.31. The molecule has 8 heteroatoms. The third-order valence-corrected chi connectivity index (χ3v) is 5.95. The number of amides is 3. The summed E-state index contributed by atoms with van der Waals surface area (Å²) in [7, 11) is 0. The highest BCUT2D eigenvalue weighted by Crippen LogP contribution is 2.32. The first kappa shape index (κ1) is 21.5. The topological polar surface area (TPSA) is 83.4 Å². The number of aromatic nitrogens is 1. The zero-order valence-corrected chi connectivity index (χ0v) is 18.0. The van der Waals surface area contributed by atoms with Crippen LogP contribution < -0.4 is 10.6 Å². The van der Waals surface area contributed by atoms with Crippen LogP contribution in [0.25, 0.3) is 10.9 Å². The first-order chi connectivity index (χ1) is 15.3.